The molecule has 0 bridgehead atoms. The second-order valence-corrected chi connectivity index (χ2v) is 8.87. The Bertz CT molecular complexity index is 1130. The van der Waals surface area contributed by atoms with Gasteiger partial charge in [-0.05, 0) is 44.8 Å². The van der Waals surface area contributed by atoms with Gasteiger partial charge in [0.25, 0.3) is 0 Å². The van der Waals surface area contributed by atoms with Crippen LogP contribution in [0.3, 0.4) is 0 Å². The van der Waals surface area contributed by atoms with E-state index in [4.69, 9.17) is 14.3 Å². The van der Waals surface area contributed by atoms with Gasteiger partial charge in [0.15, 0.2) is 5.60 Å². The molecule has 0 aromatic heterocycles. The average molecular weight is 443 g/mol. The van der Waals surface area contributed by atoms with E-state index >= 15 is 0 Å². The molecule has 0 saturated heterocycles. The van der Waals surface area contributed by atoms with Gasteiger partial charge in [-0.25, -0.2) is 0 Å². The number of hydrogen-bond donors (Lipinski definition) is 1. The molecule has 1 aliphatic carbocycles. The fraction of sp³-hybridized carbons (Fsp3) is 0.286. The first kappa shape index (κ1) is 21.6. The molecule has 5 heteroatoms. The van der Waals surface area contributed by atoms with Crippen LogP contribution in [0.4, 0.5) is 0 Å². The van der Waals surface area contributed by atoms with Crippen molar-refractivity contribution in [3.05, 3.63) is 101 Å². The predicted molar refractivity (Wildman–Crippen MR) is 130 cm³/mol. The molecule has 1 saturated carbocycles. The Morgan fingerprint density at radius 3 is 2.48 bits per heavy atom. The van der Waals surface area contributed by atoms with Gasteiger partial charge in [-0.2, -0.15) is 0 Å². The minimum absolute atomic E-state index is 0.429. The molecule has 170 valence electrons. The van der Waals surface area contributed by atoms with Crippen LogP contribution in [0.2, 0.25) is 0 Å². The van der Waals surface area contributed by atoms with Gasteiger partial charge in [0.2, 0.25) is 0 Å². The third-order valence-electron chi connectivity index (χ3n) is 6.11. The molecule has 5 nitrogen and oxygen atoms in total. The van der Waals surface area contributed by atoms with Crippen LogP contribution in [0.1, 0.15) is 29.5 Å². The maximum absolute atomic E-state index is 6.62. The van der Waals surface area contributed by atoms with Crippen LogP contribution in [-0.4, -0.2) is 32.1 Å². The molecule has 5 rings (SSSR count). The highest BCUT2D eigenvalue weighted by atomic mass is 16.6. The molecule has 3 aromatic carbocycles. The third kappa shape index (κ3) is 4.61. The molecule has 3 aromatic rings. The van der Waals surface area contributed by atoms with Crippen LogP contribution in [0.25, 0.3) is 5.70 Å². The van der Waals surface area contributed by atoms with Gasteiger partial charge >= 0.3 is 0 Å². The number of nitrogens with zero attached hydrogens (tertiary/aromatic N) is 1. The molecule has 33 heavy (non-hydrogen) atoms. The van der Waals surface area contributed by atoms with Crippen LogP contribution >= 0.6 is 0 Å². The molecule has 0 amide bonds. The lowest BCUT2D eigenvalue weighted by Crippen LogP contribution is -2.25. The van der Waals surface area contributed by atoms with Crippen molar-refractivity contribution in [3.8, 4) is 11.5 Å². The predicted octanol–water partition coefficient (Wildman–Crippen LogP) is 5.14. The fourth-order valence-corrected chi connectivity index (χ4v) is 4.30. The minimum atomic E-state index is -0.429. The maximum Gasteiger partial charge on any atom is 0.162 e. The first-order chi connectivity index (χ1) is 16.2. The summed E-state index contributed by atoms with van der Waals surface area (Å²) in [5.41, 5.74) is 8.37. The number of ether oxygens (including phenoxy) is 2. The lowest BCUT2D eigenvalue weighted by atomic mass is 10.0. The van der Waals surface area contributed by atoms with Crippen molar-refractivity contribution in [2.75, 3.05) is 27.2 Å². The molecule has 1 fully saturated rings. The van der Waals surface area contributed by atoms with E-state index in [0.29, 0.717) is 13.2 Å². The Morgan fingerprint density at radius 2 is 1.73 bits per heavy atom. The van der Waals surface area contributed by atoms with Crippen LogP contribution in [0.5, 0.6) is 11.5 Å². The summed E-state index contributed by atoms with van der Waals surface area (Å²) in [6, 6.07) is 26.6. The second-order valence-electron chi connectivity index (χ2n) is 8.87. The molecule has 2 aliphatic rings. The van der Waals surface area contributed by atoms with Gasteiger partial charge in [-0.15, -0.1) is 0 Å². The molecule has 0 radical (unpaired) electrons. The highest BCUT2D eigenvalue weighted by molar-refractivity contribution is 5.80. The Morgan fingerprint density at radius 1 is 0.970 bits per heavy atom. The van der Waals surface area contributed by atoms with Crippen molar-refractivity contribution >= 4 is 5.70 Å². The summed E-state index contributed by atoms with van der Waals surface area (Å²) in [6.45, 7) is 2.15. The molecule has 1 unspecified atom stereocenters. The number of hydrogen-bond acceptors (Lipinski definition) is 5. The zero-order valence-corrected chi connectivity index (χ0v) is 19.2. The van der Waals surface area contributed by atoms with Crippen molar-refractivity contribution in [1.29, 1.82) is 0 Å². The van der Waals surface area contributed by atoms with E-state index in [1.165, 1.54) is 5.57 Å². The maximum atomic E-state index is 6.62. The Kier molecular flexibility index (Phi) is 6.07. The fourth-order valence-electron chi connectivity index (χ4n) is 4.30. The Balaban J connectivity index is 1.38. The van der Waals surface area contributed by atoms with Crippen LogP contribution in [0.15, 0.2) is 84.4 Å². The number of fused-ring (bicyclic) bond motifs is 2. The summed E-state index contributed by atoms with van der Waals surface area (Å²) in [7, 11) is 4.14. The molecular formula is C28H30N2O3. The van der Waals surface area contributed by atoms with Crippen molar-refractivity contribution in [2.45, 2.75) is 25.0 Å². The largest absolute Gasteiger partial charge is 0.489 e. The highest BCUT2D eigenvalue weighted by Gasteiger charge is 2.58. The van der Waals surface area contributed by atoms with Crippen LogP contribution in [-0.2, 0) is 17.0 Å². The summed E-state index contributed by atoms with van der Waals surface area (Å²) in [5, 5.41) is 0. The lowest BCUT2D eigenvalue weighted by Gasteiger charge is -2.27. The Labute approximate surface area is 195 Å². The van der Waals surface area contributed by atoms with Crippen molar-refractivity contribution < 1.29 is 14.3 Å². The summed E-state index contributed by atoms with van der Waals surface area (Å²) in [4.78, 5) is 8.03. The van der Waals surface area contributed by atoms with Gasteiger partial charge in [0.1, 0.15) is 18.1 Å². The summed E-state index contributed by atoms with van der Waals surface area (Å²) < 4.78 is 12.7. The van der Waals surface area contributed by atoms with Crippen LogP contribution in [0, 0.1) is 0 Å². The number of nitrogens with one attached hydrogen (secondary N) is 1. The second kappa shape index (κ2) is 9.30. The third-order valence-corrected chi connectivity index (χ3v) is 6.11. The van der Waals surface area contributed by atoms with E-state index in [-0.39, 0.29) is 0 Å². The van der Waals surface area contributed by atoms with E-state index in [2.05, 4.69) is 66.9 Å². The zero-order chi connectivity index (χ0) is 22.7. The smallest absolute Gasteiger partial charge is 0.162 e. The molecule has 0 spiro atoms. The molecular weight excluding hydrogens is 412 g/mol. The summed E-state index contributed by atoms with van der Waals surface area (Å²) in [6.07, 6.45) is 1.80. The van der Waals surface area contributed by atoms with E-state index in [0.717, 1.165) is 53.3 Å². The van der Waals surface area contributed by atoms with Gasteiger partial charge in [0.05, 0.1) is 12.3 Å². The molecule has 1 aliphatic heterocycles. The zero-order valence-electron chi connectivity index (χ0n) is 19.2. The minimum Gasteiger partial charge on any atom is -0.489 e. The van der Waals surface area contributed by atoms with Crippen molar-refractivity contribution in [3.63, 3.8) is 0 Å². The average Bonchev–Trinajstić information content (AvgIpc) is 3.58. The van der Waals surface area contributed by atoms with E-state index in [9.17, 15) is 0 Å². The van der Waals surface area contributed by atoms with Gasteiger partial charge < -0.3 is 14.4 Å². The lowest BCUT2D eigenvalue weighted by molar-refractivity contribution is 0.0708. The number of hydroxylamine groups is 1. The quantitative estimate of drug-likeness (QED) is 0.348. The van der Waals surface area contributed by atoms with Crippen molar-refractivity contribution in [1.82, 2.24) is 10.4 Å². The highest BCUT2D eigenvalue weighted by Crippen LogP contribution is 2.61. The van der Waals surface area contributed by atoms with Crippen molar-refractivity contribution in [2.24, 2.45) is 0 Å². The number of benzene rings is 3. The van der Waals surface area contributed by atoms with Gasteiger partial charge in [-0.1, -0.05) is 60.7 Å². The van der Waals surface area contributed by atoms with E-state index < -0.39 is 5.60 Å². The topological polar surface area (TPSA) is 43.0 Å². The Hall–Kier alpha value is -3.28. The molecule has 1 N–H and O–H groups in total. The SMILES string of the molecule is CN(C)CCCONC1=C2CC2(c2ccccc2)Oc2cc(OCc3ccccc3)ccc21. The van der Waals surface area contributed by atoms with Crippen LogP contribution < -0.4 is 15.0 Å². The summed E-state index contributed by atoms with van der Waals surface area (Å²) in [5.74, 6) is 1.60. The normalized spacial score (nSPS) is 18.4. The number of rotatable bonds is 10. The first-order valence-corrected chi connectivity index (χ1v) is 11.5. The summed E-state index contributed by atoms with van der Waals surface area (Å²) >= 11 is 0. The molecule has 1 heterocycles. The van der Waals surface area contributed by atoms with E-state index in [1.54, 1.807) is 0 Å². The van der Waals surface area contributed by atoms with Gasteiger partial charge in [-0.3, -0.25) is 10.3 Å². The standard InChI is InChI=1S/C28H30N2O3/c1-30(2)16-9-17-32-29-27-24-15-14-23(31-20-21-10-5-3-6-11-21)18-26(24)33-28(19-25(27)28)22-12-7-4-8-13-22/h3-8,10-15,18,29H,9,16-17,19-20H2,1-2H3. The monoisotopic (exact) mass is 442 g/mol. The molecule has 1 atom stereocenters. The van der Waals surface area contributed by atoms with Gasteiger partial charge in [0, 0.05) is 29.2 Å². The van der Waals surface area contributed by atoms with E-state index in [1.807, 2.05) is 36.4 Å². The first-order valence-electron chi connectivity index (χ1n) is 11.5.